The minimum atomic E-state index is -0.734. The second-order valence-electron chi connectivity index (χ2n) is 5.04. The van der Waals surface area contributed by atoms with Gasteiger partial charge in [0.1, 0.15) is 6.10 Å². The molecule has 1 atom stereocenters. The van der Waals surface area contributed by atoms with Crippen LogP contribution in [-0.4, -0.2) is 45.4 Å². The van der Waals surface area contributed by atoms with Crippen molar-refractivity contribution in [2.24, 2.45) is 0 Å². The number of aryl methyl sites for hydroxylation is 1. The van der Waals surface area contributed by atoms with Gasteiger partial charge in [0.05, 0.1) is 22.9 Å². The van der Waals surface area contributed by atoms with E-state index in [1.165, 1.54) is 0 Å². The van der Waals surface area contributed by atoms with E-state index in [0.717, 1.165) is 34.4 Å². The van der Waals surface area contributed by atoms with Crippen LogP contribution >= 0.6 is 15.9 Å². The van der Waals surface area contributed by atoms with Crippen LogP contribution < -0.4 is 0 Å². The van der Waals surface area contributed by atoms with Gasteiger partial charge >= 0.3 is 0 Å². The molecule has 1 N–H and O–H groups in total. The SMILES string of the molecule is Cc1ccncc1C(O)c1c(Br)cnn1CCN(C)C. The zero-order valence-electron chi connectivity index (χ0n) is 11.9. The maximum Gasteiger partial charge on any atom is 0.124 e. The van der Waals surface area contributed by atoms with Gasteiger partial charge in [0, 0.05) is 24.5 Å². The number of aliphatic hydroxyl groups excluding tert-OH is 1. The second kappa shape index (κ2) is 6.47. The van der Waals surface area contributed by atoms with Crippen molar-refractivity contribution in [3.63, 3.8) is 0 Å². The summed E-state index contributed by atoms with van der Waals surface area (Å²) in [7, 11) is 4.03. The summed E-state index contributed by atoms with van der Waals surface area (Å²) >= 11 is 3.47. The van der Waals surface area contributed by atoms with Crippen LogP contribution in [0.4, 0.5) is 0 Å². The van der Waals surface area contributed by atoms with Crippen molar-refractivity contribution in [2.75, 3.05) is 20.6 Å². The molecule has 0 saturated heterocycles. The topological polar surface area (TPSA) is 54.2 Å². The van der Waals surface area contributed by atoms with E-state index in [1.54, 1.807) is 18.6 Å². The molecule has 20 heavy (non-hydrogen) atoms. The highest BCUT2D eigenvalue weighted by Gasteiger charge is 2.21. The summed E-state index contributed by atoms with van der Waals surface area (Å²) in [6, 6.07) is 1.90. The van der Waals surface area contributed by atoms with Gasteiger partial charge in [-0.25, -0.2) is 0 Å². The first-order valence-electron chi connectivity index (χ1n) is 6.45. The third-order valence-corrected chi connectivity index (χ3v) is 3.84. The van der Waals surface area contributed by atoms with E-state index in [-0.39, 0.29) is 0 Å². The molecule has 0 radical (unpaired) electrons. The Kier molecular flexibility index (Phi) is 4.91. The van der Waals surface area contributed by atoms with Crippen LogP contribution in [0.25, 0.3) is 0 Å². The van der Waals surface area contributed by atoms with Gasteiger partial charge in [0.15, 0.2) is 0 Å². The standard InChI is InChI=1S/C14H19BrN4O/c1-10-4-5-16-8-11(10)14(20)13-12(15)9-17-19(13)7-6-18(2)3/h4-5,8-9,14,20H,6-7H2,1-3H3. The fourth-order valence-corrected chi connectivity index (χ4v) is 2.54. The molecule has 2 heterocycles. The predicted molar refractivity (Wildman–Crippen MR) is 81.5 cm³/mol. The van der Waals surface area contributed by atoms with Crippen LogP contribution in [-0.2, 0) is 6.54 Å². The third kappa shape index (κ3) is 3.26. The molecule has 0 aliphatic heterocycles. The van der Waals surface area contributed by atoms with Gasteiger partial charge in [-0.3, -0.25) is 9.67 Å². The van der Waals surface area contributed by atoms with Crippen molar-refractivity contribution in [1.82, 2.24) is 19.7 Å². The summed E-state index contributed by atoms with van der Waals surface area (Å²) in [5, 5.41) is 15.0. The van der Waals surface area contributed by atoms with Crippen molar-refractivity contribution in [3.05, 3.63) is 46.0 Å². The van der Waals surface area contributed by atoms with Crippen molar-refractivity contribution >= 4 is 15.9 Å². The number of aromatic nitrogens is 3. The molecule has 0 fully saturated rings. The zero-order valence-corrected chi connectivity index (χ0v) is 13.5. The smallest absolute Gasteiger partial charge is 0.124 e. The van der Waals surface area contributed by atoms with Crippen LogP contribution in [0.1, 0.15) is 22.9 Å². The molecule has 5 nitrogen and oxygen atoms in total. The normalized spacial score (nSPS) is 12.9. The minimum Gasteiger partial charge on any atom is -0.382 e. The number of hydrogen-bond acceptors (Lipinski definition) is 4. The number of pyridine rings is 1. The fraction of sp³-hybridized carbons (Fsp3) is 0.429. The molecule has 108 valence electrons. The number of nitrogens with zero attached hydrogens (tertiary/aromatic N) is 4. The van der Waals surface area contributed by atoms with Gasteiger partial charge in [0.2, 0.25) is 0 Å². The molecule has 6 heteroatoms. The van der Waals surface area contributed by atoms with E-state index in [1.807, 2.05) is 31.8 Å². The number of hydrogen-bond donors (Lipinski definition) is 1. The molecule has 1 unspecified atom stereocenters. The number of likely N-dealkylation sites (N-methyl/N-ethyl adjacent to an activating group) is 1. The summed E-state index contributed by atoms with van der Waals surface area (Å²) in [5.41, 5.74) is 2.59. The van der Waals surface area contributed by atoms with Gasteiger partial charge in [0.25, 0.3) is 0 Å². The van der Waals surface area contributed by atoms with Gasteiger partial charge in [-0.2, -0.15) is 5.10 Å². The van der Waals surface area contributed by atoms with Crippen LogP contribution in [0.2, 0.25) is 0 Å². The average Bonchev–Trinajstić information content (AvgIpc) is 2.77. The first-order valence-corrected chi connectivity index (χ1v) is 7.24. The number of aliphatic hydroxyl groups is 1. The molecular weight excluding hydrogens is 320 g/mol. The lowest BCUT2D eigenvalue weighted by Gasteiger charge is -2.17. The largest absolute Gasteiger partial charge is 0.382 e. The molecular formula is C14H19BrN4O. The molecule has 0 aromatic carbocycles. The van der Waals surface area contributed by atoms with Crippen molar-refractivity contribution in [1.29, 1.82) is 0 Å². The van der Waals surface area contributed by atoms with E-state index < -0.39 is 6.10 Å². The lowest BCUT2D eigenvalue weighted by atomic mass is 10.0. The second-order valence-corrected chi connectivity index (χ2v) is 5.89. The Hall–Kier alpha value is -1.24. The van der Waals surface area contributed by atoms with Gasteiger partial charge < -0.3 is 10.0 Å². The molecule has 2 rings (SSSR count). The van der Waals surface area contributed by atoms with E-state index in [4.69, 9.17) is 0 Å². The maximum absolute atomic E-state index is 10.6. The van der Waals surface area contributed by atoms with Crippen molar-refractivity contribution < 1.29 is 5.11 Å². The highest BCUT2D eigenvalue weighted by atomic mass is 79.9. The average molecular weight is 339 g/mol. The summed E-state index contributed by atoms with van der Waals surface area (Å²) in [4.78, 5) is 6.18. The van der Waals surface area contributed by atoms with Gasteiger partial charge in [-0.15, -0.1) is 0 Å². The van der Waals surface area contributed by atoms with E-state index >= 15 is 0 Å². The highest BCUT2D eigenvalue weighted by Crippen LogP contribution is 2.29. The number of halogens is 1. The van der Waals surface area contributed by atoms with Gasteiger partial charge in [-0.05, 0) is 48.6 Å². The maximum atomic E-state index is 10.6. The van der Waals surface area contributed by atoms with Crippen LogP contribution in [0.15, 0.2) is 29.1 Å². The van der Waals surface area contributed by atoms with Crippen LogP contribution in [0.5, 0.6) is 0 Å². The van der Waals surface area contributed by atoms with E-state index in [9.17, 15) is 5.11 Å². The summed E-state index contributed by atoms with van der Waals surface area (Å²) in [6.45, 7) is 3.55. The Morgan fingerprint density at radius 3 is 2.80 bits per heavy atom. The Morgan fingerprint density at radius 1 is 1.40 bits per heavy atom. The van der Waals surface area contributed by atoms with Crippen LogP contribution in [0, 0.1) is 6.92 Å². The van der Waals surface area contributed by atoms with Gasteiger partial charge in [-0.1, -0.05) is 0 Å². The first-order chi connectivity index (χ1) is 9.50. The minimum absolute atomic E-state index is 0.726. The summed E-state index contributed by atoms with van der Waals surface area (Å²) < 4.78 is 2.65. The Labute approximate surface area is 127 Å². The molecule has 0 bridgehead atoms. The summed E-state index contributed by atoms with van der Waals surface area (Å²) in [6.07, 6.45) is 4.42. The Morgan fingerprint density at radius 2 is 2.15 bits per heavy atom. The zero-order chi connectivity index (χ0) is 14.7. The fourth-order valence-electron chi connectivity index (χ4n) is 2.03. The quantitative estimate of drug-likeness (QED) is 0.905. The van der Waals surface area contributed by atoms with Crippen LogP contribution in [0.3, 0.4) is 0 Å². The number of rotatable bonds is 5. The highest BCUT2D eigenvalue weighted by molar-refractivity contribution is 9.10. The Balaban J connectivity index is 2.32. The molecule has 0 aliphatic carbocycles. The van der Waals surface area contributed by atoms with Crippen molar-refractivity contribution in [3.8, 4) is 0 Å². The van der Waals surface area contributed by atoms with E-state index in [0.29, 0.717) is 0 Å². The monoisotopic (exact) mass is 338 g/mol. The van der Waals surface area contributed by atoms with Crippen molar-refractivity contribution in [2.45, 2.75) is 19.6 Å². The molecule has 0 saturated carbocycles. The molecule has 0 spiro atoms. The molecule has 2 aromatic rings. The Bertz CT molecular complexity index is 582. The predicted octanol–water partition coefficient (Wildman–Crippen LogP) is 1.99. The van der Waals surface area contributed by atoms with E-state index in [2.05, 4.69) is 30.9 Å². The lowest BCUT2D eigenvalue weighted by molar-refractivity contribution is 0.203. The lowest BCUT2D eigenvalue weighted by Crippen LogP contribution is -2.21. The first kappa shape index (κ1) is 15.2. The summed E-state index contributed by atoms with van der Waals surface area (Å²) in [5.74, 6) is 0. The molecule has 2 aromatic heterocycles. The molecule has 0 aliphatic rings. The third-order valence-electron chi connectivity index (χ3n) is 3.23. The molecule has 0 amide bonds.